The lowest BCUT2D eigenvalue weighted by Crippen LogP contribution is -2.57. The first-order valence-corrected chi connectivity index (χ1v) is 14.4. The average Bonchev–Trinajstić information content (AvgIpc) is 3.19. The van der Waals surface area contributed by atoms with Gasteiger partial charge in [-0.3, -0.25) is 4.98 Å². The number of hydrogen-bond acceptors (Lipinski definition) is 7. The number of nitrogens with zero attached hydrogens (tertiary/aromatic N) is 5. The predicted octanol–water partition coefficient (Wildman–Crippen LogP) is 5.00. The largest absolute Gasteiger partial charge is 0.388 e. The van der Waals surface area contributed by atoms with E-state index in [9.17, 15) is 8.42 Å². The molecule has 1 fully saturated rings. The van der Waals surface area contributed by atoms with Crippen molar-refractivity contribution >= 4 is 49.8 Å². The van der Waals surface area contributed by atoms with E-state index in [2.05, 4.69) is 15.1 Å². The van der Waals surface area contributed by atoms with Crippen LogP contribution >= 0.6 is 23.2 Å². The Labute approximate surface area is 223 Å². The normalized spacial score (nSPS) is 18.6. The molecule has 194 valence electrons. The molecule has 5 rings (SSSR count). The van der Waals surface area contributed by atoms with Crippen molar-refractivity contribution in [2.24, 2.45) is 5.92 Å². The second-order valence-electron chi connectivity index (χ2n) is 9.28. The zero-order chi connectivity index (χ0) is 26.5. The average molecular weight is 564 g/mol. The molecule has 0 N–H and O–H groups in total. The van der Waals surface area contributed by atoms with Gasteiger partial charge >= 0.3 is 0 Å². The molecule has 1 saturated heterocycles. The molecule has 3 atom stereocenters. The summed E-state index contributed by atoms with van der Waals surface area (Å²) >= 11 is 12.6. The van der Waals surface area contributed by atoms with E-state index in [0.29, 0.717) is 38.9 Å². The van der Waals surface area contributed by atoms with Gasteiger partial charge in [-0.25, -0.2) is 17.8 Å². The van der Waals surface area contributed by atoms with E-state index < -0.39 is 21.8 Å². The van der Waals surface area contributed by atoms with Crippen molar-refractivity contribution in [3.05, 3.63) is 70.3 Å². The molecule has 4 heterocycles. The van der Waals surface area contributed by atoms with Crippen molar-refractivity contribution in [2.75, 3.05) is 23.5 Å². The molecule has 0 saturated carbocycles. The maximum absolute atomic E-state index is 15.2. The van der Waals surface area contributed by atoms with Gasteiger partial charge in [-0.05, 0) is 26.0 Å². The molecular weight excluding hydrogens is 540 g/mol. The van der Waals surface area contributed by atoms with Crippen molar-refractivity contribution in [2.45, 2.75) is 26.0 Å². The zero-order valence-corrected chi connectivity index (χ0v) is 22.6. The van der Waals surface area contributed by atoms with Crippen LogP contribution in [0.25, 0.3) is 22.2 Å². The molecule has 0 spiro atoms. The first-order chi connectivity index (χ1) is 17.5. The number of fused-ring (bicyclic) bond motifs is 1. The van der Waals surface area contributed by atoms with Crippen LogP contribution in [0.15, 0.2) is 48.9 Å². The minimum Gasteiger partial charge on any atom is -0.388 e. The quantitative estimate of drug-likeness (QED) is 0.312. The van der Waals surface area contributed by atoms with Crippen LogP contribution in [0.5, 0.6) is 0 Å². The third-order valence-electron chi connectivity index (χ3n) is 6.60. The van der Waals surface area contributed by atoms with E-state index in [-0.39, 0.29) is 23.5 Å². The van der Waals surface area contributed by atoms with E-state index in [0.717, 1.165) is 5.39 Å². The van der Waals surface area contributed by atoms with Gasteiger partial charge in [-0.15, -0.1) is 5.10 Å². The molecule has 0 amide bonds. The number of rotatable bonds is 7. The molecule has 0 radical (unpaired) electrons. The second-order valence-corrected chi connectivity index (χ2v) is 12.3. The molecule has 1 aliphatic heterocycles. The van der Waals surface area contributed by atoms with E-state index in [4.69, 9.17) is 28.0 Å². The van der Waals surface area contributed by atoms with Crippen LogP contribution in [0.3, 0.4) is 0 Å². The van der Waals surface area contributed by atoms with E-state index >= 15 is 4.39 Å². The summed E-state index contributed by atoms with van der Waals surface area (Å²) in [6.07, 6.45) is 5.21. The number of anilines is 1. The highest BCUT2D eigenvalue weighted by molar-refractivity contribution is 7.90. The maximum atomic E-state index is 15.2. The molecule has 4 aromatic rings. The summed E-state index contributed by atoms with van der Waals surface area (Å²) < 4.78 is 38.5. The van der Waals surface area contributed by atoms with Crippen LogP contribution in [-0.2, 0) is 9.84 Å². The summed E-state index contributed by atoms with van der Waals surface area (Å²) in [6, 6.07) is 8.68. The molecule has 1 aromatic carbocycles. The first kappa shape index (κ1) is 25.7. The summed E-state index contributed by atoms with van der Waals surface area (Å²) in [6.45, 7) is 4.11. The fourth-order valence-electron chi connectivity index (χ4n) is 4.66. The zero-order valence-electron chi connectivity index (χ0n) is 20.3. The van der Waals surface area contributed by atoms with Crippen molar-refractivity contribution < 1.29 is 17.6 Å². The Kier molecular flexibility index (Phi) is 6.76. The summed E-state index contributed by atoms with van der Waals surface area (Å²) in [5.74, 6) is -0.304. The van der Waals surface area contributed by atoms with Gasteiger partial charge in [0.25, 0.3) is 0 Å². The van der Waals surface area contributed by atoms with E-state index in [1.807, 2.05) is 31.2 Å². The number of hydrogen-bond donors (Lipinski definition) is 0. The molecule has 37 heavy (non-hydrogen) atoms. The van der Waals surface area contributed by atoms with Crippen LogP contribution in [-0.4, -0.2) is 52.9 Å². The predicted molar refractivity (Wildman–Crippen MR) is 142 cm³/mol. The van der Waals surface area contributed by atoms with Crippen molar-refractivity contribution in [3.8, 4) is 11.3 Å². The van der Waals surface area contributed by atoms with Gasteiger partial charge in [0, 0.05) is 59.9 Å². The summed E-state index contributed by atoms with van der Waals surface area (Å²) in [7, 11) is -3.11. The number of benzene rings is 1. The molecular formula is C25H24Cl2FN5O3S. The molecule has 0 bridgehead atoms. The Morgan fingerprint density at radius 2 is 1.89 bits per heavy atom. The summed E-state index contributed by atoms with van der Waals surface area (Å²) in [4.78, 5) is 17.6. The molecule has 0 unspecified atom stereocenters. The van der Waals surface area contributed by atoms with Crippen molar-refractivity contribution in [1.29, 1.82) is 0 Å². The SMILES string of the molecule is C[C@@H](On1nc(-c2cnc(N3C[C@@H](CS(C)(=O)=O)[C@@H]3C)c(F)c2)c2ccccc21)c1c(Cl)cncc1Cl. The van der Waals surface area contributed by atoms with Gasteiger partial charge in [0.05, 0.1) is 15.8 Å². The van der Waals surface area contributed by atoms with Crippen LogP contribution < -0.4 is 9.74 Å². The van der Waals surface area contributed by atoms with E-state index in [1.165, 1.54) is 29.6 Å². The van der Waals surface area contributed by atoms with Gasteiger partial charge in [-0.2, -0.15) is 0 Å². The smallest absolute Gasteiger partial charge is 0.166 e. The first-order valence-electron chi connectivity index (χ1n) is 11.6. The lowest BCUT2D eigenvalue weighted by molar-refractivity contribution is 0.0333. The van der Waals surface area contributed by atoms with Crippen LogP contribution in [0.2, 0.25) is 10.0 Å². The minimum atomic E-state index is -3.11. The lowest BCUT2D eigenvalue weighted by Gasteiger charge is -2.47. The topological polar surface area (TPSA) is 90.2 Å². The number of sulfone groups is 1. The van der Waals surface area contributed by atoms with Gasteiger partial charge in [0.15, 0.2) is 17.7 Å². The standard InChI is InChI=1S/C25H24Cl2FN5O3S/c1-14-17(13-37(3,34)35)12-32(14)25-21(28)8-16(9-30-25)24-18-6-4-5-7-22(18)33(31-24)36-15(2)23-19(26)10-29-11-20(23)27/h4-11,14-15,17H,12-13H2,1-3H3/t14-,15+,17-/m0/s1. The Morgan fingerprint density at radius 1 is 1.19 bits per heavy atom. The Hall–Kier alpha value is -2.95. The summed E-state index contributed by atoms with van der Waals surface area (Å²) in [5, 5.41) is 6.10. The number of aromatic nitrogens is 4. The second kappa shape index (κ2) is 9.74. The molecule has 0 aliphatic carbocycles. The highest BCUT2D eigenvalue weighted by Crippen LogP contribution is 2.35. The highest BCUT2D eigenvalue weighted by Gasteiger charge is 2.39. The number of halogens is 3. The van der Waals surface area contributed by atoms with E-state index in [1.54, 1.807) is 18.0 Å². The highest BCUT2D eigenvalue weighted by atomic mass is 35.5. The Morgan fingerprint density at radius 3 is 2.54 bits per heavy atom. The fourth-order valence-corrected chi connectivity index (χ4v) is 6.50. The van der Waals surface area contributed by atoms with Gasteiger partial charge < -0.3 is 9.74 Å². The molecule has 3 aromatic heterocycles. The number of pyridine rings is 2. The molecule has 1 aliphatic rings. The van der Waals surface area contributed by atoms with Crippen molar-refractivity contribution in [3.63, 3.8) is 0 Å². The van der Waals surface area contributed by atoms with Crippen LogP contribution in [0.1, 0.15) is 25.5 Å². The maximum Gasteiger partial charge on any atom is 0.166 e. The number of para-hydroxylation sites is 1. The Balaban J connectivity index is 1.44. The minimum absolute atomic E-state index is 0.0583. The van der Waals surface area contributed by atoms with Gasteiger partial charge in [0.2, 0.25) is 0 Å². The van der Waals surface area contributed by atoms with Gasteiger partial charge in [-0.1, -0.05) is 46.2 Å². The third-order valence-corrected chi connectivity index (χ3v) is 8.24. The van der Waals surface area contributed by atoms with Crippen LogP contribution in [0, 0.1) is 11.7 Å². The summed E-state index contributed by atoms with van der Waals surface area (Å²) in [5.41, 5.74) is 2.23. The monoisotopic (exact) mass is 563 g/mol. The molecule has 8 nitrogen and oxygen atoms in total. The Bertz CT molecular complexity index is 1580. The third kappa shape index (κ3) is 4.97. The van der Waals surface area contributed by atoms with Gasteiger partial charge in [0.1, 0.15) is 21.0 Å². The molecule has 12 heteroatoms. The van der Waals surface area contributed by atoms with Crippen molar-refractivity contribution in [1.82, 2.24) is 19.9 Å². The van der Waals surface area contributed by atoms with Crippen LogP contribution in [0.4, 0.5) is 10.2 Å². The lowest BCUT2D eigenvalue weighted by atomic mass is 9.91. The fraction of sp³-hybridized carbons (Fsp3) is 0.320.